The van der Waals surface area contributed by atoms with Gasteiger partial charge in [-0.3, -0.25) is 0 Å². The maximum atomic E-state index is 10.8. The molecule has 1 saturated heterocycles. The predicted octanol–water partition coefficient (Wildman–Crippen LogP) is 5.65. The monoisotopic (exact) mass is 438 g/mol. The van der Waals surface area contributed by atoms with Crippen LogP contribution in [0.15, 0.2) is 77.8 Å². The molecule has 2 heterocycles. The van der Waals surface area contributed by atoms with E-state index in [1.165, 1.54) is 37.9 Å². The highest BCUT2D eigenvalue weighted by Crippen LogP contribution is 2.32. The van der Waals surface area contributed by atoms with Crippen LogP contribution in [-0.2, 0) is 6.42 Å². The van der Waals surface area contributed by atoms with Crippen LogP contribution >= 0.6 is 0 Å². The number of hydrogen-bond donors (Lipinski definition) is 3. The summed E-state index contributed by atoms with van der Waals surface area (Å²) in [7, 11) is 0. The van der Waals surface area contributed by atoms with Gasteiger partial charge < -0.3 is 20.7 Å². The van der Waals surface area contributed by atoms with Crippen molar-refractivity contribution >= 4 is 28.0 Å². The van der Waals surface area contributed by atoms with Crippen LogP contribution in [-0.4, -0.2) is 40.3 Å². The van der Waals surface area contributed by atoms with Crippen molar-refractivity contribution in [3.05, 3.63) is 89.5 Å². The zero-order valence-electron chi connectivity index (χ0n) is 18.8. The van der Waals surface area contributed by atoms with Crippen molar-refractivity contribution in [2.75, 3.05) is 25.4 Å². The smallest absolute Gasteiger partial charge is 0.199 e. The van der Waals surface area contributed by atoms with E-state index in [-0.39, 0.29) is 5.88 Å². The Labute approximate surface area is 194 Å². The van der Waals surface area contributed by atoms with Gasteiger partial charge in [-0.1, -0.05) is 48.9 Å². The molecular weight excluding hydrogens is 408 g/mol. The fraction of sp³-hybridized carbons (Fsp3) is 0.250. The van der Waals surface area contributed by atoms with E-state index in [2.05, 4.69) is 34.1 Å². The Morgan fingerprint density at radius 1 is 0.939 bits per heavy atom. The third kappa shape index (κ3) is 4.78. The molecule has 5 heteroatoms. The summed E-state index contributed by atoms with van der Waals surface area (Å²) < 4.78 is 0. The van der Waals surface area contributed by atoms with E-state index >= 15 is 0 Å². The van der Waals surface area contributed by atoms with E-state index in [4.69, 9.17) is 10.7 Å². The molecule has 0 aliphatic carbocycles. The van der Waals surface area contributed by atoms with Gasteiger partial charge in [0.05, 0.1) is 17.0 Å². The number of nitrogens with zero attached hydrogens (tertiary/aromatic N) is 2. The molecule has 1 aliphatic rings. The highest BCUT2D eigenvalue weighted by atomic mass is 16.3. The summed E-state index contributed by atoms with van der Waals surface area (Å²) in [4.78, 5) is 10.6. The fourth-order valence-corrected chi connectivity index (χ4v) is 4.63. The summed E-state index contributed by atoms with van der Waals surface area (Å²) in [6.45, 7) is 3.56. The minimum atomic E-state index is 0.0938. The van der Waals surface area contributed by atoms with E-state index in [0.29, 0.717) is 17.0 Å². The number of aromatic amines is 1. The second-order valence-corrected chi connectivity index (χ2v) is 8.80. The number of likely N-dealkylation sites (tertiary alicyclic amines) is 1. The standard InChI is InChI=1S/C28H30N4O/c29-22-11-14-25-24(19-22)26(28(33)31-25)27(21-7-3-1-4-8-21)30-23-12-9-20(10-13-23)15-18-32-16-5-2-6-17-32/h1,3-4,7-14,19,31,33H,2,5-6,15-18,29H2. The molecule has 0 spiro atoms. The summed E-state index contributed by atoms with van der Waals surface area (Å²) in [5.41, 5.74) is 12.0. The van der Waals surface area contributed by atoms with Gasteiger partial charge >= 0.3 is 0 Å². The number of piperidine rings is 1. The third-order valence-corrected chi connectivity index (χ3v) is 6.43. The molecule has 168 valence electrons. The molecule has 0 atom stereocenters. The highest BCUT2D eigenvalue weighted by molar-refractivity contribution is 6.22. The van der Waals surface area contributed by atoms with E-state index in [1.54, 1.807) is 0 Å². The Bertz CT molecular complexity index is 1250. The lowest BCUT2D eigenvalue weighted by Crippen LogP contribution is -2.31. The SMILES string of the molecule is Nc1ccc2[nH]c(O)c(C(=Nc3ccc(CCN4CCCCC4)cc3)c3ccccc3)c2c1. The van der Waals surface area contributed by atoms with Gasteiger partial charge in [-0.15, -0.1) is 0 Å². The van der Waals surface area contributed by atoms with Crippen molar-refractivity contribution in [2.45, 2.75) is 25.7 Å². The first-order valence-corrected chi connectivity index (χ1v) is 11.7. The predicted molar refractivity (Wildman–Crippen MR) is 137 cm³/mol. The van der Waals surface area contributed by atoms with Crippen molar-refractivity contribution in [3.8, 4) is 5.88 Å². The molecule has 3 aromatic carbocycles. The van der Waals surface area contributed by atoms with Gasteiger partial charge in [0.1, 0.15) is 0 Å². The highest BCUT2D eigenvalue weighted by Gasteiger charge is 2.19. The van der Waals surface area contributed by atoms with Crippen LogP contribution in [0.5, 0.6) is 5.88 Å². The topological polar surface area (TPSA) is 77.6 Å². The molecule has 4 N–H and O–H groups in total. The number of hydrogen-bond acceptors (Lipinski definition) is 4. The van der Waals surface area contributed by atoms with Gasteiger partial charge in [0, 0.05) is 28.7 Å². The number of nitrogens with two attached hydrogens (primary N) is 1. The van der Waals surface area contributed by atoms with Crippen molar-refractivity contribution in [3.63, 3.8) is 0 Å². The average molecular weight is 439 g/mol. The van der Waals surface area contributed by atoms with Crippen LogP contribution in [0.4, 0.5) is 11.4 Å². The molecule has 0 unspecified atom stereocenters. The molecule has 1 aliphatic heterocycles. The number of aromatic nitrogens is 1. The third-order valence-electron chi connectivity index (χ3n) is 6.43. The summed E-state index contributed by atoms with van der Waals surface area (Å²) in [5, 5.41) is 11.6. The lowest BCUT2D eigenvalue weighted by Gasteiger charge is -2.26. The minimum Gasteiger partial charge on any atom is -0.494 e. The summed E-state index contributed by atoms with van der Waals surface area (Å²) in [6, 6.07) is 24.0. The number of anilines is 1. The fourth-order valence-electron chi connectivity index (χ4n) is 4.63. The molecule has 0 bridgehead atoms. The van der Waals surface area contributed by atoms with E-state index in [0.717, 1.165) is 35.1 Å². The number of rotatable bonds is 6. The van der Waals surface area contributed by atoms with Gasteiger partial charge in [-0.25, -0.2) is 4.99 Å². The lowest BCUT2D eigenvalue weighted by atomic mass is 10.0. The van der Waals surface area contributed by atoms with Crippen molar-refractivity contribution in [2.24, 2.45) is 4.99 Å². The number of benzene rings is 3. The number of nitrogen functional groups attached to an aromatic ring is 1. The lowest BCUT2D eigenvalue weighted by molar-refractivity contribution is 0.231. The van der Waals surface area contributed by atoms with Crippen LogP contribution in [0.25, 0.3) is 10.9 Å². The minimum absolute atomic E-state index is 0.0938. The largest absolute Gasteiger partial charge is 0.494 e. The Morgan fingerprint density at radius 3 is 2.45 bits per heavy atom. The van der Waals surface area contributed by atoms with E-state index in [1.807, 2.05) is 48.5 Å². The van der Waals surface area contributed by atoms with E-state index < -0.39 is 0 Å². The molecular formula is C28H30N4O. The Balaban J connectivity index is 1.47. The normalized spacial score (nSPS) is 15.2. The average Bonchev–Trinajstić information content (AvgIpc) is 3.18. The van der Waals surface area contributed by atoms with Gasteiger partial charge in [0.25, 0.3) is 0 Å². The van der Waals surface area contributed by atoms with Crippen molar-refractivity contribution < 1.29 is 5.11 Å². The second-order valence-electron chi connectivity index (χ2n) is 8.80. The van der Waals surface area contributed by atoms with Gasteiger partial charge in [-0.2, -0.15) is 0 Å². The first-order chi connectivity index (χ1) is 16.2. The first-order valence-electron chi connectivity index (χ1n) is 11.7. The quantitative estimate of drug-likeness (QED) is 0.269. The van der Waals surface area contributed by atoms with E-state index in [9.17, 15) is 5.11 Å². The molecule has 1 aromatic heterocycles. The Hall–Kier alpha value is -3.57. The summed E-state index contributed by atoms with van der Waals surface area (Å²) >= 11 is 0. The molecule has 0 saturated carbocycles. The summed E-state index contributed by atoms with van der Waals surface area (Å²) in [5.74, 6) is 0.0938. The molecule has 33 heavy (non-hydrogen) atoms. The molecule has 0 radical (unpaired) electrons. The van der Waals surface area contributed by atoms with Gasteiger partial charge in [0.2, 0.25) is 0 Å². The van der Waals surface area contributed by atoms with Crippen LogP contribution in [0.2, 0.25) is 0 Å². The molecule has 0 amide bonds. The zero-order chi connectivity index (χ0) is 22.6. The van der Waals surface area contributed by atoms with Crippen molar-refractivity contribution in [1.82, 2.24) is 9.88 Å². The molecule has 5 nitrogen and oxygen atoms in total. The molecule has 5 rings (SSSR count). The maximum absolute atomic E-state index is 10.8. The van der Waals surface area contributed by atoms with Gasteiger partial charge in [0.15, 0.2) is 5.88 Å². The number of aliphatic imine (C=N–C) groups is 1. The maximum Gasteiger partial charge on any atom is 0.199 e. The van der Waals surface area contributed by atoms with Crippen LogP contribution in [0, 0.1) is 0 Å². The van der Waals surface area contributed by atoms with Crippen molar-refractivity contribution in [1.29, 1.82) is 0 Å². The van der Waals surface area contributed by atoms with Gasteiger partial charge in [-0.05, 0) is 68.2 Å². The second kappa shape index (κ2) is 9.51. The number of aromatic hydroxyl groups is 1. The zero-order valence-corrected chi connectivity index (χ0v) is 18.8. The Morgan fingerprint density at radius 2 is 1.70 bits per heavy atom. The Kier molecular flexibility index (Phi) is 6.13. The number of fused-ring (bicyclic) bond motifs is 1. The van der Waals surface area contributed by atoms with Crippen LogP contribution in [0.3, 0.4) is 0 Å². The molecule has 4 aromatic rings. The molecule has 1 fully saturated rings. The summed E-state index contributed by atoms with van der Waals surface area (Å²) in [6.07, 6.45) is 5.06. The first kappa shape index (κ1) is 21.3. The number of H-pyrrole nitrogens is 1. The van der Waals surface area contributed by atoms with Crippen LogP contribution < -0.4 is 5.73 Å². The van der Waals surface area contributed by atoms with Crippen LogP contribution in [0.1, 0.15) is 36.0 Å². The number of nitrogens with one attached hydrogen (secondary N) is 1.